The number of tetrazole rings is 1. The van der Waals surface area contributed by atoms with Crippen LogP contribution in [0, 0.1) is 0 Å². The van der Waals surface area contributed by atoms with Gasteiger partial charge in [0, 0.05) is 10.4 Å². The second-order valence-electron chi connectivity index (χ2n) is 4.44. The molecule has 0 bridgehead atoms. The van der Waals surface area contributed by atoms with Crippen molar-refractivity contribution >= 4 is 39.4 Å². The van der Waals surface area contributed by atoms with Crippen LogP contribution in [0.2, 0.25) is 0 Å². The third kappa shape index (κ3) is 4.30. The highest BCUT2D eigenvalue weighted by Crippen LogP contribution is 2.20. The van der Waals surface area contributed by atoms with Crippen molar-refractivity contribution in [2.24, 2.45) is 5.10 Å². The van der Waals surface area contributed by atoms with Gasteiger partial charge in [0.05, 0.1) is 10.0 Å². The summed E-state index contributed by atoms with van der Waals surface area (Å²) in [6, 6.07) is 13.3. The molecule has 0 aliphatic rings. The molecule has 0 aliphatic heterocycles. The molecule has 116 valence electrons. The Morgan fingerprint density at radius 1 is 1.30 bits per heavy atom. The molecule has 0 aliphatic carbocycles. The van der Waals surface area contributed by atoms with Gasteiger partial charge in [0.25, 0.3) is 5.91 Å². The highest BCUT2D eigenvalue weighted by Gasteiger charge is 2.08. The van der Waals surface area contributed by atoms with E-state index in [4.69, 9.17) is 0 Å². The summed E-state index contributed by atoms with van der Waals surface area (Å²) in [4.78, 5) is 14.0. The SMILES string of the molecule is O=C(Cn1nnc(-c2ccccc2)n1)N/N=C/c1ccc(Br)s1. The number of aromatic nitrogens is 4. The number of nitrogens with zero attached hydrogens (tertiary/aromatic N) is 5. The molecule has 2 aromatic heterocycles. The van der Waals surface area contributed by atoms with E-state index >= 15 is 0 Å². The molecular weight excluding hydrogens is 380 g/mol. The summed E-state index contributed by atoms with van der Waals surface area (Å²) < 4.78 is 1.01. The molecule has 0 fully saturated rings. The number of benzene rings is 1. The van der Waals surface area contributed by atoms with Crippen molar-refractivity contribution < 1.29 is 4.79 Å². The lowest BCUT2D eigenvalue weighted by atomic mass is 10.2. The number of hydrogen-bond acceptors (Lipinski definition) is 6. The van der Waals surface area contributed by atoms with Crippen LogP contribution in [-0.4, -0.2) is 32.3 Å². The Kier molecular flexibility index (Phi) is 4.89. The number of amides is 1. The van der Waals surface area contributed by atoms with Crippen LogP contribution in [-0.2, 0) is 11.3 Å². The van der Waals surface area contributed by atoms with E-state index in [1.54, 1.807) is 6.21 Å². The summed E-state index contributed by atoms with van der Waals surface area (Å²) in [5, 5.41) is 15.9. The van der Waals surface area contributed by atoms with E-state index in [0.29, 0.717) is 5.82 Å². The normalized spacial score (nSPS) is 11.0. The molecule has 0 unspecified atom stereocenters. The Morgan fingerprint density at radius 2 is 2.13 bits per heavy atom. The largest absolute Gasteiger partial charge is 0.271 e. The molecule has 2 heterocycles. The molecule has 1 amide bonds. The first-order valence-corrected chi connectivity index (χ1v) is 8.22. The maximum absolute atomic E-state index is 11.8. The standard InChI is InChI=1S/C14H11BrN6OS/c15-12-7-6-11(23-12)8-16-17-13(22)9-21-19-14(18-20-21)10-4-2-1-3-5-10/h1-8H,9H2,(H,17,22)/b16-8+. The van der Waals surface area contributed by atoms with E-state index < -0.39 is 0 Å². The molecule has 0 atom stereocenters. The Morgan fingerprint density at radius 3 is 2.87 bits per heavy atom. The topological polar surface area (TPSA) is 85.1 Å². The van der Waals surface area contributed by atoms with Crippen LogP contribution in [0.4, 0.5) is 0 Å². The van der Waals surface area contributed by atoms with Crippen molar-refractivity contribution in [1.82, 2.24) is 25.6 Å². The van der Waals surface area contributed by atoms with Gasteiger partial charge >= 0.3 is 0 Å². The van der Waals surface area contributed by atoms with E-state index in [2.05, 4.69) is 41.9 Å². The predicted octanol–water partition coefficient (Wildman–Crippen LogP) is 2.31. The minimum Gasteiger partial charge on any atom is -0.271 e. The van der Waals surface area contributed by atoms with E-state index in [9.17, 15) is 4.79 Å². The molecule has 3 rings (SSSR count). The molecular formula is C14H11BrN6OS. The van der Waals surface area contributed by atoms with Crippen molar-refractivity contribution in [2.75, 3.05) is 0 Å². The van der Waals surface area contributed by atoms with Crippen molar-refractivity contribution in [1.29, 1.82) is 0 Å². The number of rotatable bonds is 5. The Balaban J connectivity index is 1.56. The van der Waals surface area contributed by atoms with E-state index in [1.807, 2.05) is 42.5 Å². The van der Waals surface area contributed by atoms with Gasteiger partial charge in [-0.25, -0.2) is 5.43 Å². The molecule has 0 spiro atoms. The van der Waals surface area contributed by atoms with Crippen molar-refractivity contribution in [2.45, 2.75) is 6.54 Å². The van der Waals surface area contributed by atoms with Crippen molar-refractivity contribution in [3.05, 3.63) is 51.1 Å². The number of thiophene rings is 1. The minimum absolute atomic E-state index is 0.0503. The highest BCUT2D eigenvalue weighted by atomic mass is 79.9. The molecule has 0 saturated heterocycles. The zero-order valence-corrected chi connectivity index (χ0v) is 14.2. The summed E-state index contributed by atoms with van der Waals surface area (Å²) in [5.41, 5.74) is 3.28. The summed E-state index contributed by atoms with van der Waals surface area (Å²) in [7, 11) is 0. The number of hydrazone groups is 1. The molecule has 0 saturated carbocycles. The lowest BCUT2D eigenvalue weighted by Crippen LogP contribution is -2.24. The van der Waals surface area contributed by atoms with Gasteiger partial charge in [0.2, 0.25) is 5.82 Å². The van der Waals surface area contributed by atoms with Crippen LogP contribution in [0.25, 0.3) is 11.4 Å². The molecule has 3 aromatic rings. The van der Waals surface area contributed by atoms with E-state index in [1.165, 1.54) is 16.1 Å². The van der Waals surface area contributed by atoms with Gasteiger partial charge in [-0.05, 0) is 33.3 Å². The minimum atomic E-state index is -0.325. The van der Waals surface area contributed by atoms with Crippen molar-refractivity contribution in [3.8, 4) is 11.4 Å². The molecule has 1 N–H and O–H groups in total. The second-order valence-corrected chi connectivity index (χ2v) is 6.94. The monoisotopic (exact) mass is 390 g/mol. The average Bonchev–Trinajstić information content (AvgIpc) is 3.17. The van der Waals surface area contributed by atoms with Crippen LogP contribution < -0.4 is 5.43 Å². The fourth-order valence-corrected chi connectivity index (χ4v) is 3.04. The summed E-state index contributed by atoms with van der Waals surface area (Å²) in [5.74, 6) is 0.152. The van der Waals surface area contributed by atoms with Gasteiger partial charge in [-0.3, -0.25) is 4.79 Å². The average molecular weight is 391 g/mol. The Bertz CT molecular complexity index is 829. The van der Waals surface area contributed by atoms with Crippen LogP contribution in [0.15, 0.2) is 51.4 Å². The smallest absolute Gasteiger partial charge is 0.263 e. The van der Waals surface area contributed by atoms with Crippen LogP contribution in [0.5, 0.6) is 0 Å². The van der Waals surface area contributed by atoms with Crippen LogP contribution in [0.3, 0.4) is 0 Å². The Labute approximate surface area is 144 Å². The third-order valence-corrected chi connectivity index (χ3v) is 4.30. The van der Waals surface area contributed by atoms with E-state index in [-0.39, 0.29) is 12.5 Å². The maximum Gasteiger partial charge on any atom is 0.263 e. The van der Waals surface area contributed by atoms with E-state index in [0.717, 1.165) is 14.2 Å². The number of nitrogens with one attached hydrogen (secondary N) is 1. The molecule has 23 heavy (non-hydrogen) atoms. The Hall–Kier alpha value is -2.39. The number of carbonyl (C=O) groups is 1. The highest BCUT2D eigenvalue weighted by molar-refractivity contribution is 9.11. The first-order chi connectivity index (χ1) is 11.2. The molecule has 7 nitrogen and oxygen atoms in total. The summed E-state index contributed by atoms with van der Waals surface area (Å²) in [6.45, 7) is -0.0503. The van der Waals surface area contributed by atoms with Gasteiger partial charge in [-0.2, -0.15) is 9.90 Å². The van der Waals surface area contributed by atoms with Crippen LogP contribution in [0.1, 0.15) is 4.88 Å². The summed E-state index contributed by atoms with van der Waals surface area (Å²) in [6.07, 6.45) is 1.58. The fraction of sp³-hybridized carbons (Fsp3) is 0.0714. The van der Waals surface area contributed by atoms with Crippen molar-refractivity contribution in [3.63, 3.8) is 0 Å². The van der Waals surface area contributed by atoms with Gasteiger partial charge in [0.15, 0.2) is 0 Å². The maximum atomic E-state index is 11.8. The quantitative estimate of drug-likeness (QED) is 0.534. The second kappa shape index (κ2) is 7.25. The first kappa shape index (κ1) is 15.5. The zero-order chi connectivity index (χ0) is 16.1. The molecule has 1 aromatic carbocycles. The molecule has 0 radical (unpaired) electrons. The van der Waals surface area contributed by atoms with Gasteiger partial charge < -0.3 is 0 Å². The van der Waals surface area contributed by atoms with Gasteiger partial charge in [-0.1, -0.05) is 30.3 Å². The summed E-state index contributed by atoms with van der Waals surface area (Å²) >= 11 is 4.88. The third-order valence-electron chi connectivity index (χ3n) is 2.74. The molecule has 9 heteroatoms. The van der Waals surface area contributed by atoms with Gasteiger partial charge in [-0.15, -0.1) is 21.5 Å². The predicted molar refractivity (Wildman–Crippen MR) is 91.0 cm³/mol. The fourth-order valence-electron chi connectivity index (χ4n) is 1.74. The number of hydrogen-bond donors (Lipinski definition) is 1. The number of halogens is 1. The van der Waals surface area contributed by atoms with Gasteiger partial charge in [0.1, 0.15) is 6.54 Å². The van der Waals surface area contributed by atoms with Crippen LogP contribution >= 0.6 is 27.3 Å². The first-order valence-electron chi connectivity index (χ1n) is 6.61. The number of carbonyl (C=O) groups excluding carboxylic acids is 1. The lowest BCUT2D eigenvalue weighted by molar-refractivity contribution is -0.122. The zero-order valence-electron chi connectivity index (χ0n) is 11.8. The lowest BCUT2D eigenvalue weighted by Gasteiger charge is -1.97.